The van der Waals surface area contributed by atoms with Crippen LogP contribution in [0.15, 0.2) is 60.7 Å². The number of hydrazine groups is 1. The Balaban J connectivity index is 2.02. The molecule has 0 radical (unpaired) electrons. The lowest BCUT2D eigenvalue weighted by Gasteiger charge is -2.26. The largest absolute Gasteiger partial charge is 0.497 e. The molecule has 0 heterocycles. The number of carbonyl (C=O) groups is 1. The molecule has 0 spiro atoms. The van der Waals surface area contributed by atoms with Crippen molar-refractivity contribution in [2.45, 2.75) is 18.9 Å². The van der Waals surface area contributed by atoms with Crippen LogP contribution in [-0.2, 0) is 4.79 Å². The minimum Gasteiger partial charge on any atom is -0.497 e. The minimum atomic E-state index is -0.112. The van der Waals surface area contributed by atoms with Crippen LogP contribution < -0.4 is 20.9 Å². The Kier molecular flexibility index (Phi) is 7.59. The molecule has 0 saturated carbocycles. The van der Waals surface area contributed by atoms with Crippen LogP contribution in [0.4, 0.5) is 5.69 Å². The lowest BCUT2D eigenvalue weighted by Crippen LogP contribution is -2.40. The van der Waals surface area contributed by atoms with E-state index in [1.807, 2.05) is 42.5 Å². The summed E-state index contributed by atoms with van der Waals surface area (Å²) in [7, 11) is 1.58. The van der Waals surface area contributed by atoms with Gasteiger partial charge in [-0.05, 0) is 18.6 Å². The van der Waals surface area contributed by atoms with Gasteiger partial charge >= 0.3 is 0 Å². The third-order valence-corrected chi connectivity index (χ3v) is 4.45. The molecular weight excluding hydrogens is 330 g/mol. The molecule has 0 fully saturated rings. The number of nitrogens with one attached hydrogen (secondary N) is 1. The monoisotopic (exact) mass is 357 g/mol. The van der Waals surface area contributed by atoms with Crippen LogP contribution in [-0.4, -0.2) is 37.3 Å². The van der Waals surface area contributed by atoms with Crippen molar-refractivity contribution in [3.63, 3.8) is 0 Å². The molecule has 2 atom stereocenters. The standard InChI is InChI=1S/C20H27N3O3/c1-15(18-8-3-4-9-19(18)22-21)10-11-20(25)23(12-13-24)16-6-5-7-17(14-16)26-2/h3-9,14,18-19,22,24H,1,10-13,21H2,2H3. The number of allylic oxidation sites excluding steroid dienone is 2. The fourth-order valence-electron chi connectivity index (χ4n) is 3.00. The van der Waals surface area contributed by atoms with Crippen molar-refractivity contribution < 1.29 is 14.6 Å². The highest BCUT2D eigenvalue weighted by Gasteiger charge is 2.22. The zero-order chi connectivity index (χ0) is 18.9. The molecule has 0 bridgehead atoms. The number of ether oxygens (including phenoxy) is 1. The van der Waals surface area contributed by atoms with Gasteiger partial charge in [0.1, 0.15) is 5.75 Å². The summed E-state index contributed by atoms with van der Waals surface area (Å²) in [5.41, 5.74) is 4.41. The number of aliphatic hydroxyl groups is 1. The molecule has 0 aromatic heterocycles. The van der Waals surface area contributed by atoms with Gasteiger partial charge in [-0.2, -0.15) is 0 Å². The topological polar surface area (TPSA) is 87.8 Å². The van der Waals surface area contributed by atoms with Crippen LogP contribution in [0.5, 0.6) is 5.75 Å². The summed E-state index contributed by atoms with van der Waals surface area (Å²) in [5, 5.41) is 9.34. The van der Waals surface area contributed by atoms with Crippen molar-refractivity contribution in [3.8, 4) is 5.75 Å². The Morgan fingerprint density at radius 2 is 2.12 bits per heavy atom. The smallest absolute Gasteiger partial charge is 0.227 e. The molecule has 2 unspecified atom stereocenters. The predicted molar refractivity (Wildman–Crippen MR) is 104 cm³/mol. The van der Waals surface area contributed by atoms with E-state index in [1.165, 1.54) is 0 Å². The number of anilines is 1. The van der Waals surface area contributed by atoms with Gasteiger partial charge in [-0.3, -0.25) is 16.1 Å². The van der Waals surface area contributed by atoms with E-state index in [0.29, 0.717) is 24.3 Å². The summed E-state index contributed by atoms with van der Waals surface area (Å²) in [4.78, 5) is 14.3. The van der Waals surface area contributed by atoms with Gasteiger partial charge in [0.25, 0.3) is 0 Å². The lowest BCUT2D eigenvalue weighted by molar-refractivity contribution is -0.118. The van der Waals surface area contributed by atoms with Crippen molar-refractivity contribution in [3.05, 3.63) is 60.7 Å². The fourth-order valence-corrected chi connectivity index (χ4v) is 3.00. The van der Waals surface area contributed by atoms with Crippen LogP contribution in [0.25, 0.3) is 0 Å². The van der Waals surface area contributed by atoms with Crippen LogP contribution in [0.1, 0.15) is 12.8 Å². The van der Waals surface area contributed by atoms with Crippen LogP contribution in [0.2, 0.25) is 0 Å². The number of amides is 1. The first-order chi connectivity index (χ1) is 12.6. The molecule has 2 rings (SSSR count). The first-order valence-electron chi connectivity index (χ1n) is 8.64. The van der Waals surface area contributed by atoms with Gasteiger partial charge in [-0.25, -0.2) is 0 Å². The SMILES string of the molecule is C=C(CCC(=O)N(CCO)c1cccc(OC)c1)C1C=CC=CC1NN. The summed E-state index contributed by atoms with van der Waals surface area (Å²) in [6.07, 6.45) is 8.76. The van der Waals surface area contributed by atoms with E-state index in [-0.39, 0.29) is 31.0 Å². The number of nitrogens with zero attached hydrogens (tertiary/aromatic N) is 1. The average molecular weight is 357 g/mol. The highest BCUT2D eigenvalue weighted by Crippen LogP contribution is 2.25. The van der Waals surface area contributed by atoms with E-state index in [4.69, 9.17) is 10.6 Å². The maximum Gasteiger partial charge on any atom is 0.227 e. The lowest BCUT2D eigenvalue weighted by atomic mass is 9.87. The van der Waals surface area contributed by atoms with Crippen molar-refractivity contribution in [1.82, 2.24) is 5.43 Å². The molecule has 140 valence electrons. The van der Waals surface area contributed by atoms with E-state index < -0.39 is 0 Å². The normalized spacial score (nSPS) is 18.6. The van der Waals surface area contributed by atoms with Crippen molar-refractivity contribution >= 4 is 11.6 Å². The minimum absolute atomic E-state index is 0.0190. The van der Waals surface area contributed by atoms with E-state index in [9.17, 15) is 9.90 Å². The quantitative estimate of drug-likeness (QED) is 0.357. The van der Waals surface area contributed by atoms with Gasteiger partial charge in [-0.15, -0.1) is 0 Å². The van der Waals surface area contributed by atoms with E-state index >= 15 is 0 Å². The van der Waals surface area contributed by atoms with Crippen LogP contribution >= 0.6 is 0 Å². The number of benzene rings is 1. The highest BCUT2D eigenvalue weighted by atomic mass is 16.5. The van der Waals surface area contributed by atoms with Crippen LogP contribution in [0, 0.1) is 5.92 Å². The van der Waals surface area contributed by atoms with Gasteiger partial charge in [-0.1, -0.05) is 42.5 Å². The molecule has 1 aromatic carbocycles. The number of hydrogen-bond acceptors (Lipinski definition) is 5. The van der Waals surface area contributed by atoms with E-state index in [1.54, 1.807) is 18.1 Å². The number of methoxy groups -OCH3 is 1. The van der Waals surface area contributed by atoms with Crippen molar-refractivity contribution in [1.29, 1.82) is 0 Å². The van der Waals surface area contributed by atoms with Gasteiger partial charge in [0.15, 0.2) is 0 Å². The zero-order valence-corrected chi connectivity index (χ0v) is 15.1. The Morgan fingerprint density at radius 3 is 2.81 bits per heavy atom. The molecular formula is C20H27N3O3. The van der Waals surface area contributed by atoms with E-state index in [0.717, 1.165) is 5.57 Å². The molecule has 1 aliphatic rings. The molecule has 6 nitrogen and oxygen atoms in total. The van der Waals surface area contributed by atoms with Crippen LogP contribution in [0.3, 0.4) is 0 Å². The molecule has 1 aliphatic carbocycles. The molecule has 0 aliphatic heterocycles. The fraction of sp³-hybridized carbons (Fsp3) is 0.350. The molecule has 1 amide bonds. The van der Waals surface area contributed by atoms with Gasteiger partial charge in [0, 0.05) is 36.7 Å². The first kappa shape index (κ1) is 19.9. The second-order valence-electron chi connectivity index (χ2n) is 6.12. The molecule has 6 heteroatoms. The predicted octanol–water partition coefficient (Wildman–Crippen LogP) is 1.93. The maximum absolute atomic E-state index is 12.7. The Morgan fingerprint density at radius 1 is 1.35 bits per heavy atom. The average Bonchev–Trinajstić information content (AvgIpc) is 2.69. The van der Waals surface area contributed by atoms with Crippen molar-refractivity contribution in [2.24, 2.45) is 11.8 Å². The third kappa shape index (κ3) is 5.05. The molecule has 26 heavy (non-hydrogen) atoms. The molecule has 4 N–H and O–H groups in total. The van der Waals surface area contributed by atoms with Crippen molar-refractivity contribution in [2.75, 3.05) is 25.2 Å². The number of nitrogens with two attached hydrogens (primary N) is 1. The summed E-state index contributed by atoms with van der Waals surface area (Å²) in [5.74, 6) is 6.24. The summed E-state index contributed by atoms with van der Waals surface area (Å²) < 4.78 is 5.22. The number of hydrogen-bond donors (Lipinski definition) is 3. The summed E-state index contributed by atoms with van der Waals surface area (Å²) in [6.45, 7) is 4.25. The van der Waals surface area contributed by atoms with E-state index in [2.05, 4.69) is 12.0 Å². The third-order valence-electron chi connectivity index (χ3n) is 4.45. The summed E-state index contributed by atoms with van der Waals surface area (Å²) in [6, 6.07) is 7.23. The Hall–Kier alpha value is -2.41. The highest BCUT2D eigenvalue weighted by molar-refractivity contribution is 5.93. The summed E-state index contributed by atoms with van der Waals surface area (Å²) >= 11 is 0. The number of rotatable bonds is 9. The maximum atomic E-state index is 12.7. The molecule has 0 saturated heterocycles. The zero-order valence-electron chi connectivity index (χ0n) is 15.1. The Bertz CT molecular complexity index is 685. The Labute approximate surface area is 154 Å². The second kappa shape index (κ2) is 9.91. The van der Waals surface area contributed by atoms with Gasteiger partial charge < -0.3 is 14.7 Å². The first-order valence-corrected chi connectivity index (χ1v) is 8.64. The number of carbonyl (C=O) groups excluding carboxylic acids is 1. The van der Waals surface area contributed by atoms with Gasteiger partial charge in [0.2, 0.25) is 5.91 Å². The molecule has 1 aromatic rings. The van der Waals surface area contributed by atoms with Gasteiger partial charge in [0.05, 0.1) is 13.7 Å². The second-order valence-corrected chi connectivity index (χ2v) is 6.12. The number of aliphatic hydroxyl groups excluding tert-OH is 1.